The summed E-state index contributed by atoms with van der Waals surface area (Å²) in [5.74, 6) is 0. The van der Waals surface area contributed by atoms with Crippen LogP contribution in [0.2, 0.25) is 0 Å². The highest BCUT2D eigenvalue weighted by Crippen LogP contribution is 2.20. The summed E-state index contributed by atoms with van der Waals surface area (Å²) in [6.07, 6.45) is 0. The van der Waals surface area contributed by atoms with Gasteiger partial charge in [-0.1, -0.05) is 18.2 Å². The van der Waals surface area contributed by atoms with Gasteiger partial charge in [0.15, 0.2) is 0 Å². The molecule has 0 nitrogen and oxygen atoms in total. The first-order valence-corrected chi connectivity index (χ1v) is 3.54. The molecule has 0 aliphatic heterocycles. The molecule has 0 aromatic carbocycles. The average Bonchev–Trinajstić information content (AvgIpc) is 1.67. The first-order valence-electron chi connectivity index (χ1n) is 2.29. The summed E-state index contributed by atoms with van der Waals surface area (Å²) in [5.41, 5.74) is 0. The molecule has 0 atom stereocenters. The van der Waals surface area contributed by atoms with Crippen molar-refractivity contribution in [2.24, 2.45) is 0 Å². The molecule has 8 heavy (non-hydrogen) atoms. The molecule has 0 aliphatic rings. The molecule has 0 N–H and O–H groups in total. The summed E-state index contributed by atoms with van der Waals surface area (Å²) in [4.78, 5) is 1.11. The van der Waals surface area contributed by atoms with Crippen LogP contribution in [0.5, 0.6) is 0 Å². The van der Waals surface area contributed by atoms with Crippen LogP contribution in [0.1, 0.15) is 13.8 Å². The van der Waals surface area contributed by atoms with Crippen molar-refractivity contribution >= 4 is 23.4 Å². The van der Waals surface area contributed by atoms with E-state index in [-0.39, 0.29) is 0 Å². The summed E-state index contributed by atoms with van der Waals surface area (Å²) in [7, 11) is 0. The maximum absolute atomic E-state index is 5.62. The molecule has 0 aromatic heterocycles. The Hall–Kier alpha value is 0.120. The largest absolute Gasteiger partial charge is 0.102 e. The van der Waals surface area contributed by atoms with Crippen LogP contribution >= 0.6 is 23.4 Å². The summed E-state index contributed by atoms with van der Waals surface area (Å²) in [6.45, 7) is 7.39. The van der Waals surface area contributed by atoms with E-state index in [9.17, 15) is 0 Å². The first kappa shape index (κ1) is 8.12. The van der Waals surface area contributed by atoms with Crippen LogP contribution in [0.3, 0.4) is 0 Å². The highest BCUT2D eigenvalue weighted by molar-refractivity contribution is 8.05. The third-order valence-corrected chi connectivity index (χ3v) is 1.97. The minimum absolute atomic E-state index is 0.843. The van der Waals surface area contributed by atoms with E-state index in [0.717, 1.165) is 9.94 Å². The van der Waals surface area contributed by atoms with Crippen molar-refractivity contribution in [1.29, 1.82) is 0 Å². The fourth-order valence-corrected chi connectivity index (χ4v) is 0.752. The van der Waals surface area contributed by atoms with Crippen molar-refractivity contribution < 1.29 is 0 Å². The van der Waals surface area contributed by atoms with Gasteiger partial charge in [0.2, 0.25) is 0 Å². The van der Waals surface area contributed by atoms with Crippen molar-refractivity contribution in [2.75, 3.05) is 0 Å². The molecule has 0 saturated carbocycles. The second-order valence-corrected chi connectivity index (χ2v) is 3.12. The lowest BCUT2D eigenvalue weighted by atomic mass is 10.6. The highest BCUT2D eigenvalue weighted by Gasteiger charge is 1.88. The maximum Gasteiger partial charge on any atom is 0.0245 e. The molecule has 2 heteroatoms. The van der Waals surface area contributed by atoms with E-state index in [1.54, 1.807) is 17.2 Å². The summed E-state index contributed by atoms with van der Waals surface area (Å²) in [6, 6.07) is 0. The van der Waals surface area contributed by atoms with E-state index in [1.165, 1.54) is 0 Å². The molecule has 0 saturated heterocycles. The number of hydrogen-bond donors (Lipinski definition) is 0. The Morgan fingerprint density at radius 3 is 2.25 bits per heavy atom. The fraction of sp³-hybridized carbons (Fsp3) is 0.333. The fourth-order valence-electron chi connectivity index (χ4n) is 0.206. The molecule has 0 unspecified atom stereocenters. The Morgan fingerprint density at radius 1 is 1.62 bits per heavy atom. The van der Waals surface area contributed by atoms with Crippen molar-refractivity contribution in [3.8, 4) is 0 Å². The molecule has 0 amide bonds. The van der Waals surface area contributed by atoms with Gasteiger partial charge < -0.3 is 0 Å². The summed E-state index contributed by atoms with van der Waals surface area (Å²) < 4.78 is 0. The lowest BCUT2D eigenvalue weighted by molar-refractivity contribution is 1.55. The molecule has 0 radical (unpaired) electrons. The number of halogens is 1. The quantitative estimate of drug-likeness (QED) is 0.579. The lowest BCUT2D eigenvalue weighted by Gasteiger charge is -1.92. The van der Waals surface area contributed by atoms with E-state index >= 15 is 0 Å². The highest BCUT2D eigenvalue weighted by atomic mass is 35.5. The second kappa shape index (κ2) is 4.04. The minimum atomic E-state index is 0.843. The molecule has 0 aromatic rings. The third-order valence-electron chi connectivity index (χ3n) is 0.745. The predicted octanol–water partition coefficient (Wildman–Crippen LogP) is 3.35. The van der Waals surface area contributed by atoms with Crippen LogP contribution in [0.15, 0.2) is 21.9 Å². The first-order chi connectivity index (χ1) is 3.68. The standard InChI is InChI=1S/C6H9ClS/c1-4-8-6(3)5(2)7/h4H,1H2,2-3H3/b6-5+. The third kappa shape index (κ3) is 3.16. The van der Waals surface area contributed by atoms with Crippen molar-refractivity contribution in [1.82, 2.24) is 0 Å². The molecule has 0 rings (SSSR count). The number of hydrogen-bond acceptors (Lipinski definition) is 1. The monoisotopic (exact) mass is 148 g/mol. The van der Waals surface area contributed by atoms with Crippen LogP contribution in [0, 0.1) is 0 Å². The maximum atomic E-state index is 5.62. The zero-order valence-electron chi connectivity index (χ0n) is 5.07. The topological polar surface area (TPSA) is 0 Å². The van der Waals surface area contributed by atoms with Gasteiger partial charge >= 0.3 is 0 Å². The summed E-state index contributed by atoms with van der Waals surface area (Å²) >= 11 is 7.17. The van der Waals surface area contributed by atoms with E-state index in [1.807, 2.05) is 13.8 Å². The van der Waals surface area contributed by atoms with Crippen molar-refractivity contribution in [2.45, 2.75) is 13.8 Å². The number of rotatable bonds is 2. The number of allylic oxidation sites excluding steroid dienone is 2. The van der Waals surface area contributed by atoms with Gasteiger partial charge in [-0.3, -0.25) is 0 Å². The van der Waals surface area contributed by atoms with Gasteiger partial charge in [-0.15, -0.1) is 11.8 Å². The van der Waals surface area contributed by atoms with Gasteiger partial charge in [0.25, 0.3) is 0 Å². The van der Waals surface area contributed by atoms with Gasteiger partial charge in [-0.25, -0.2) is 0 Å². The Morgan fingerprint density at radius 2 is 2.12 bits per heavy atom. The SMILES string of the molecule is C=CS/C(C)=C(\C)Cl. The summed E-state index contributed by atoms with van der Waals surface area (Å²) in [5, 5.41) is 2.61. The van der Waals surface area contributed by atoms with Gasteiger partial charge in [0.05, 0.1) is 0 Å². The van der Waals surface area contributed by atoms with E-state index < -0.39 is 0 Å². The Kier molecular flexibility index (Phi) is 4.11. The molecular formula is C6H9ClS. The molecule has 0 spiro atoms. The van der Waals surface area contributed by atoms with Crippen LogP contribution in [-0.4, -0.2) is 0 Å². The van der Waals surface area contributed by atoms with Crippen LogP contribution in [-0.2, 0) is 0 Å². The normalized spacial score (nSPS) is 12.9. The predicted molar refractivity (Wildman–Crippen MR) is 42.0 cm³/mol. The molecule has 0 fully saturated rings. The minimum Gasteiger partial charge on any atom is -0.102 e. The molecular weight excluding hydrogens is 140 g/mol. The van der Waals surface area contributed by atoms with Crippen LogP contribution in [0.4, 0.5) is 0 Å². The van der Waals surface area contributed by atoms with Gasteiger partial charge in [0, 0.05) is 9.94 Å². The van der Waals surface area contributed by atoms with Crippen LogP contribution < -0.4 is 0 Å². The zero-order chi connectivity index (χ0) is 6.57. The van der Waals surface area contributed by atoms with Gasteiger partial charge in [0.1, 0.15) is 0 Å². The van der Waals surface area contributed by atoms with Crippen molar-refractivity contribution in [3.63, 3.8) is 0 Å². The molecule has 0 heterocycles. The van der Waals surface area contributed by atoms with Crippen molar-refractivity contribution in [3.05, 3.63) is 21.9 Å². The molecule has 0 aliphatic carbocycles. The van der Waals surface area contributed by atoms with Gasteiger partial charge in [-0.05, 0) is 19.3 Å². The van der Waals surface area contributed by atoms with E-state index in [2.05, 4.69) is 6.58 Å². The smallest absolute Gasteiger partial charge is 0.0245 e. The molecule has 0 bridgehead atoms. The van der Waals surface area contributed by atoms with E-state index in [0.29, 0.717) is 0 Å². The second-order valence-electron chi connectivity index (χ2n) is 1.37. The van der Waals surface area contributed by atoms with Crippen LogP contribution in [0.25, 0.3) is 0 Å². The Bertz CT molecular complexity index is 112. The van der Waals surface area contributed by atoms with E-state index in [4.69, 9.17) is 11.6 Å². The molecule has 46 valence electrons. The lowest BCUT2D eigenvalue weighted by Crippen LogP contribution is -1.64. The Balaban J connectivity index is 3.79. The van der Waals surface area contributed by atoms with Gasteiger partial charge in [-0.2, -0.15) is 0 Å². The number of thioether (sulfide) groups is 1. The Labute approximate surface area is 59.6 Å². The average molecular weight is 149 g/mol. The zero-order valence-corrected chi connectivity index (χ0v) is 6.64.